The molecule has 3 aliphatic heterocycles. The first-order valence-corrected chi connectivity index (χ1v) is 34.8. The number of benzene rings is 2. The van der Waals surface area contributed by atoms with Crippen molar-refractivity contribution in [2.45, 2.75) is 149 Å². The summed E-state index contributed by atoms with van der Waals surface area (Å²) in [6.07, 6.45) is -1.66. The Morgan fingerprint density at radius 1 is 0.438 bits per heavy atom. The van der Waals surface area contributed by atoms with Crippen molar-refractivity contribution < 1.29 is 78.3 Å². The number of hydrogen-bond acceptors (Lipinski definition) is 19. The number of halogens is 8. The summed E-state index contributed by atoms with van der Waals surface area (Å²) in [5.41, 5.74) is 56.3. The van der Waals surface area contributed by atoms with E-state index in [1.165, 1.54) is 13.8 Å². The fraction of sp³-hybridized carbons (Fsp3) is 0.542. The van der Waals surface area contributed by atoms with Gasteiger partial charge in [0.05, 0.1) is 33.8 Å². The summed E-state index contributed by atoms with van der Waals surface area (Å²) in [5.74, 6) is -34.8. The molecule has 0 fully saturated rings. The predicted molar refractivity (Wildman–Crippen MR) is 382 cm³/mol. The van der Waals surface area contributed by atoms with Crippen LogP contribution < -0.4 is 110 Å². The number of thiol groups is 1. The average molecular weight is 1560 g/mol. The molecule has 8 unspecified atom stereocenters. The maximum Gasteiger partial charge on any atom is 0.243 e. The Morgan fingerprint density at radius 2 is 0.705 bits per heavy atom. The highest BCUT2D eigenvalue weighted by Crippen LogP contribution is 2.42. The van der Waals surface area contributed by atoms with Gasteiger partial charge in [0, 0.05) is 56.7 Å². The molecule has 105 heavy (non-hydrogen) atoms. The quantitative estimate of drug-likeness (QED) is 0.00929. The second-order valence-corrected chi connectivity index (χ2v) is 25.8. The van der Waals surface area contributed by atoms with E-state index in [1.807, 2.05) is 0 Å². The van der Waals surface area contributed by atoms with Gasteiger partial charge in [-0.25, -0.2) is 35.1 Å². The number of amides is 8. The number of guanidine groups is 5. The number of carbonyl (C=O) groups is 9. The molecule has 8 atom stereocenters. The zero-order chi connectivity index (χ0) is 78.8. The minimum Gasteiger partial charge on any atom is -0.390 e. The fourth-order valence-electron chi connectivity index (χ4n) is 9.60. The van der Waals surface area contributed by atoms with Crippen molar-refractivity contribution in [3.8, 4) is 11.1 Å². The number of hydrogen-bond donors (Lipinski definition) is 21. The molecule has 0 aromatic heterocycles. The van der Waals surface area contributed by atoms with Crippen molar-refractivity contribution in [1.82, 2.24) is 47.3 Å². The maximum absolute atomic E-state index is 16.3. The van der Waals surface area contributed by atoms with Crippen molar-refractivity contribution in [1.29, 1.82) is 0 Å². The number of nitrogens with one attached hydrogen (secondary N) is 9. The summed E-state index contributed by atoms with van der Waals surface area (Å²) in [5, 5.41) is 19.5. The van der Waals surface area contributed by atoms with Crippen molar-refractivity contribution in [3.63, 3.8) is 0 Å². The second-order valence-electron chi connectivity index (χ2n) is 23.4. The van der Waals surface area contributed by atoms with Gasteiger partial charge in [-0.3, -0.25) is 77.8 Å². The topological polar surface area (TPSA) is 622 Å². The number of nitrogens with zero attached hydrogens (tertiary/aromatic N) is 6. The van der Waals surface area contributed by atoms with E-state index in [2.05, 4.69) is 90.0 Å². The van der Waals surface area contributed by atoms with Gasteiger partial charge in [-0.15, -0.1) is 23.5 Å². The van der Waals surface area contributed by atoms with E-state index >= 15 is 35.1 Å². The molecule has 46 heteroatoms. The van der Waals surface area contributed by atoms with Crippen LogP contribution in [0.1, 0.15) is 90.9 Å². The molecule has 8 amide bonds. The Hall–Kier alpha value is -9.86. The van der Waals surface area contributed by atoms with Crippen LogP contribution in [0, 0.1) is 52.5 Å². The number of nitrogens with two attached hydrogens (primary N) is 11. The van der Waals surface area contributed by atoms with Crippen LogP contribution >= 0.6 is 36.3 Å². The third-order valence-electron chi connectivity index (χ3n) is 15.1. The monoisotopic (exact) mass is 1550 g/mol. The lowest BCUT2D eigenvalue weighted by molar-refractivity contribution is -0.136. The van der Waals surface area contributed by atoms with Crippen LogP contribution in [-0.4, -0.2) is 195 Å². The zero-order valence-electron chi connectivity index (χ0n) is 57.1. The number of thioether (sulfide) groups is 2. The highest BCUT2D eigenvalue weighted by molar-refractivity contribution is 7.99. The molecular weight excluding hydrogens is 1470 g/mol. The lowest BCUT2D eigenvalue weighted by atomic mass is 10.0. The van der Waals surface area contributed by atoms with Gasteiger partial charge in [0.15, 0.2) is 82.1 Å². The molecule has 0 radical (unpaired) electrons. The van der Waals surface area contributed by atoms with Crippen LogP contribution in [0.4, 0.5) is 35.1 Å². The molecular formula is C59H90F8N26O9S3. The first kappa shape index (κ1) is 89.4. The lowest BCUT2D eigenvalue weighted by Crippen LogP contribution is -2.60. The van der Waals surface area contributed by atoms with E-state index in [-0.39, 0.29) is 163 Å². The standard InChI is InChI=1S/C59H90F8N26O9S3/c1-25(2)34(94)21-85-47(95)32-22-104-45-41(64)37(60)35(38(61)42(45)65)36-39(62)43(66)46(44(67)40(36)63)105-23-33(93-103)54(102)91-31(14-8-20-84-59(77)78)52(100)90-30(13-7-19-83-58(75)76)51(99)89-29(12-6-18-82-57(73)74)50(98)88-28(11-5-17-81-56(71)72)49(97)87-27(10-4-16-80-55(69)70)48(96)86-26(53(101)92-32)9-3-15-79-24-68/h24-33,93,103H,3-23H2,1-2H3,(H2,68,79)(H,85,95)(H,86,96)(H,87,97)(H,88,98)(H,89,99)(H,90,100)(H,91,102)(H,92,101)(H4,69,70,80)(H4,71,72,81)(H4,73,74,82)(H4,75,76,83)(H4,77,78,84). The first-order chi connectivity index (χ1) is 49.6. The molecule has 4 bridgehead atoms. The van der Waals surface area contributed by atoms with Gasteiger partial charge in [-0.05, 0) is 77.0 Å². The molecule has 0 saturated heterocycles. The Labute approximate surface area is 611 Å². The molecule has 584 valence electrons. The van der Waals surface area contributed by atoms with E-state index in [9.17, 15) is 43.2 Å². The summed E-state index contributed by atoms with van der Waals surface area (Å²) >= 11 is 3.54. The van der Waals surface area contributed by atoms with Crippen LogP contribution in [0.25, 0.3) is 11.1 Å². The highest BCUT2D eigenvalue weighted by Gasteiger charge is 2.39. The summed E-state index contributed by atoms with van der Waals surface area (Å²) in [4.78, 5) is 149. The van der Waals surface area contributed by atoms with Crippen LogP contribution in [0.3, 0.4) is 0 Å². The minimum atomic E-state index is -2.63. The molecule has 35 nitrogen and oxygen atoms in total. The van der Waals surface area contributed by atoms with E-state index in [4.69, 9.17) is 63.1 Å². The second kappa shape index (κ2) is 45.4. The zero-order valence-corrected chi connectivity index (χ0v) is 59.6. The molecule has 2 aromatic carbocycles. The molecule has 0 aliphatic carbocycles. The van der Waals surface area contributed by atoms with Gasteiger partial charge >= 0.3 is 0 Å². The number of carbonyl (C=O) groups excluding carboxylic acids is 9. The third kappa shape index (κ3) is 29.7. The van der Waals surface area contributed by atoms with E-state index < -0.39 is 199 Å². The summed E-state index contributed by atoms with van der Waals surface area (Å²) < 4.78 is 132. The third-order valence-corrected chi connectivity index (χ3v) is 17.7. The van der Waals surface area contributed by atoms with Gasteiger partial charge in [-0.1, -0.05) is 26.7 Å². The lowest BCUT2D eigenvalue weighted by Gasteiger charge is -2.28. The fourth-order valence-corrected chi connectivity index (χ4v) is 11.9. The molecule has 5 rings (SSSR count). The van der Waals surface area contributed by atoms with E-state index in [1.54, 1.807) is 0 Å². The number of aliphatic imine (C=N–C) groups is 6. The first-order valence-electron chi connectivity index (χ1n) is 32.3. The number of Topliss-reactive ketones (excluding diaryl/α,β-unsaturated/α-hetero) is 1. The van der Waals surface area contributed by atoms with Crippen molar-refractivity contribution in [2.75, 3.05) is 57.3 Å². The Balaban J connectivity index is 2.48. The number of ketones is 1. The Morgan fingerprint density at radius 3 is 0.971 bits per heavy atom. The summed E-state index contributed by atoms with van der Waals surface area (Å²) in [6, 6.07) is -14.1. The van der Waals surface area contributed by atoms with Crippen LogP contribution in [0.5, 0.6) is 0 Å². The Kier molecular flexibility index (Phi) is 38.6. The Bertz CT molecular complexity index is 3510. The SMILES string of the molecule is CC(C)C(=O)CNC(=O)C1CSc2c(F)c(F)c(c(F)c2F)-c2c(F)c(F)c(c(F)c2F)SCC(NS)C(=O)NC(CCCN=C(N)N)C(=O)NC(CCCN=C(N)N)C(=O)NC(CCCN=C(N)N)C(=O)NC(CCCN=C(N)N)C(=O)NC(CCCN=C(N)N)C(=O)NC(CCCN=CN)C(=O)N1. The summed E-state index contributed by atoms with van der Waals surface area (Å²) in [6.45, 7) is 1.26. The minimum absolute atomic E-state index is 0.0612. The van der Waals surface area contributed by atoms with Gasteiger partial charge in [0.1, 0.15) is 48.3 Å². The van der Waals surface area contributed by atoms with E-state index in [0.717, 1.165) is 6.34 Å². The van der Waals surface area contributed by atoms with E-state index in [0.29, 0.717) is 0 Å². The normalized spacial score (nSPS) is 19.9. The maximum atomic E-state index is 16.3. The highest BCUT2D eigenvalue weighted by atomic mass is 32.2. The molecule has 2 aromatic rings. The van der Waals surface area contributed by atoms with Gasteiger partial charge in [-0.2, -0.15) is 0 Å². The molecule has 0 spiro atoms. The van der Waals surface area contributed by atoms with Crippen molar-refractivity contribution in [2.24, 2.45) is 98.9 Å². The van der Waals surface area contributed by atoms with Gasteiger partial charge in [0.25, 0.3) is 0 Å². The van der Waals surface area contributed by atoms with Gasteiger partial charge < -0.3 is 106 Å². The van der Waals surface area contributed by atoms with Crippen LogP contribution in [0.2, 0.25) is 0 Å². The molecule has 31 N–H and O–H groups in total. The molecule has 3 heterocycles. The molecule has 3 aliphatic rings. The van der Waals surface area contributed by atoms with Crippen molar-refractivity contribution in [3.05, 3.63) is 46.5 Å². The van der Waals surface area contributed by atoms with Crippen LogP contribution in [-0.2, 0) is 43.2 Å². The number of rotatable bonds is 29. The smallest absolute Gasteiger partial charge is 0.243 e. The van der Waals surface area contributed by atoms with Crippen LogP contribution in [0.15, 0.2) is 39.7 Å². The average Bonchev–Trinajstić information content (AvgIpc) is 0.746. The van der Waals surface area contributed by atoms with Gasteiger partial charge in [0.2, 0.25) is 47.3 Å². The predicted octanol–water partition coefficient (Wildman–Crippen LogP) is -3.76. The largest absolute Gasteiger partial charge is 0.390 e. The van der Waals surface area contributed by atoms with Crippen molar-refractivity contribution >= 4 is 126 Å². The number of fused-ring (bicyclic) bond motifs is 2. The molecule has 0 saturated carbocycles. The summed E-state index contributed by atoms with van der Waals surface area (Å²) in [7, 11) is 0.